The minimum atomic E-state index is -0.578. The number of benzene rings is 1. The molecule has 2 atom stereocenters. The predicted octanol–water partition coefficient (Wildman–Crippen LogP) is 4.96. The third-order valence-corrected chi connectivity index (χ3v) is 6.78. The number of rotatable bonds is 5. The van der Waals surface area contributed by atoms with E-state index in [4.69, 9.17) is 11.6 Å². The van der Waals surface area contributed by atoms with E-state index in [1.165, 1.54) is 5.56 Å². The summed E-state index contributed by atoms with van der Waals surface area (Å²) in [5.74, 6) is 0.0468. The normalized spacial score (nSPS) is 17.9. The van der Waals surface area contributed by atoms with Crippen molar-refractivity contribution in [3.05, 3.63) is 63.9 Å². The molecule has 1 aliphatic rings. The van der Waals surface area contributed by atoms with Crippen LogP contribution < -0.4 is 5.32 Å². The first kappa shape index (κ1) is 29.6. The molecule has 3 rings (SSSR count). The topological polar surface area (TPSA) is 93.8 Å². The molecule has 3 N–H and O–H groups in total. The van der Waals surface area contributed by atoms with Crippen LogP contribution in [0.15, 0.2) is 36.5 Å². The smallest absolute Gasteiger partial charge is 0.253 e. The molecular weight excluding hydrogens is 450 g/mol. The summed E-state index contributed by atoms with van der Waals surface area (Å²) in [7, 11) is 0. The molecule has 2 heterocycles. The zero-order valence-electron chi connectivity index (χ0n) is 20.4. The van der Waals surface area contributed by atoms with Crippen LogP contribution in [0.4, 0.5) is 0 Å². The van der Waals surface area contributed by atoms with Crippen molar-refractivity contribution in [3.8, 4) is 0 Å². The van der Waals surface area contributed by atoms with Crippen LogP contribution in [0.1, 0.15) is 74.6 Å². The van der Waals surface area contributed by atoms with Crippen molar-refractivity contribution in [3.63, 3.8) is 0 Å². The van der Waals surface area contributed by atoms with Gasteiger partial charge in [0, 0.05) is 30.0 Å². The number of nitrogens with one attached hydrogen (secondary N) is 1. The maximum Gasteiger partial charge on any atom is 0.253 e. The Bertz CT molecular complexity index is 989. The standard InChI is InChI=1S/C26H34ClN3O2.CH4.H2O/c1-16(2)23(29-24(31)21-14-28-18(4)13-17(21)3)25(32)30-12-11-22(26(5,6)15-30)19-7-9-20(27)10-8-19;;/h7-10,13-14,16,22-23H,11-12,15H2,1-6H3,(H,29,31);1H4;1H2/t22-,23-;;/m1../s1. The van der Waals surface area contributed by atoms with Gasteiger partial charge in [0.05, 0.1) is 5.56 Å². The number of carbonyl (C=O) groups is 2. The summed E-state index contributed by atoms with van der Waals surface area (Å²) in [5, 5.41) is 3.71. The molecule has 1 aromatic heterocycles. The number of carbonyl (C=O) groups excluding carboxylic acids is 2. The molecule has 1 aromatic carbocycles. The van der Waals surface area contributed by atoms with Crippen LogP contribution in [0, 0.1) is 25.2 Å². The van der Waals surface area contributed by atoms with E-state index in [0.29, 0.717) is 24.6 Å². The minimum Gasteiger partial charge on any atom is -0.412 e. The third-order valence-electron chi connectivity index (χ3n) is 6.52. The first-order valence-corrected chi connectivity index (χ1v) is 11.7. The molecule has 2 amide bonds. The quantitative estimate of drug-likeness (QED) is 0.643. The van der Waals surface area contributed by atoms with Crippen LogP contribution in [-0.2, 0) is 4.79 Å². The van der Waals surface area contributed by atoms with Crippen molar-refractivity contribution in [2.24, 2.45) is 11.3 Å². The van der Waals surface area contributed by atoms with Gasteiger partial charge in [0.1, 0.15) is 6.04 Å². The predicted molar refractivity (Wildman–Crippen MR) is 139 cm³/mol. The molecule has 34 heavy (non-hydrogen) atoms. The Morgan fingerprint density at radius 2 is 1.79 bits per heavy atom. The van der Waals surface area contributed by atoms with Crippen molar-refractivity contribution in [2.45, 2.75) is 67.3 Å². The molecule has 0 saturated carbocycles. The van der Waals surface area contributed by atoms with E-state index < -0.39 is 6.04 Å². The van der Waals surface area contributed by atoms with E-state index in [-0.39, 0.29) is 36.1 Å². The number of piperidine rings is 1. The van der Waals surface area contributed by atoms with Crippen LogP contribution in [0.3, 0.4) is 0 Å². The number of aromatic nitrogens is 1. The number of likely N-dealkylation sites (tertiary alicyclic amines) is 1. The number of amides is 2. The molecule has 0 spiro atoms. The molecule has 188 valence electrons. The number of hydrogen-bond acceptors (Lipinski definition) is 3. The van der Waals surface area contributed by atoms with E-state index in [1.54, 1.807) is 6.20 Å². The first-order chi connectivity index (χ1) is 15.0. The fourth-order valence-electron chi connectivity index (χ4n) is 4.72. The largest absolute Gasteiger partial charge is 0.412 e. The Kier molecular flexibility index (Phi) is 10.3. The highest BCUT2D eigenvalue weighted by atomic mass is 35.5. The van der Waals surface area contributed by atoms with Crippen molar-refractivity contribution in [1.82, 2.24) is 15.2 Å². The maximum absolute atomic E-state index is 13.5. The van der Waals surface area contributed by atoms with Crippen LogP contribution in [0.5, 0.6) is 0 Å². The van der Waals surface area contributed by atoms with Crippen LogP contribution in [0.25, 0.3) is 0 Å². The Morgan fingerprint density at radius 3 is 2.32 bits per heavy atom. The summed E-state index contributed by atoms with van der Waals surface area (Å²) in [6.07, 6.45) is 2.46. The van der Waals surface area contributed by atoms with E-state index in [9.17, 15) is 9.59 Å². The summed E-state index contributed by atoms with van der Waals surface area (Å²) < 4.78 is 0. The first-order valence-electron chi connectivity index (χ1n) is 11.3. The maximum atomic E-state index is 13.5. The molecular formula is C27H40ClN3O3. The SMILES string of the molecule is C.Cc1cc(C)c(C(=O)N[C@@H](C(=O)N2CC[C@H](c3ccc(Cl)cc3)C(C)(C)C2)C(C)C)cn1.O. The summed E-state index contributed by atoms with van der Waals surface area (Å²) in [4.78, 5) is 32.6. The Balaban J connectivity index is 0.00000289. The summed E-state index contributed by atoms with van der Waals surface area (Å²) in [5.41, 5.74) is 3.39. The highest BCUT2D eigenvalue weighted by Gasteiger charge is 2.40. The van der Waals surface area contributed by atoms with Gasteiger partial charge in [-0.05, 0) is 66.8 Å². The lowest BCUT2D eigenvalue weighted by Crippen LogP contribution is -2.56. The second-order valence-corrected chi connectivity index (χ2v) is 10.4. The zero-order chi connectivity index (χ0) is 23.6. The second-order valence-electron chi connectivity index (χ2n) is 9.98. The molecule has 0 bridgehead atoms. The summed E-state index contributed by atoms with van der Waals surface area (Å²) in [6.45, 7) is 13.4. The van der Waals surface area contributed by atoms with Gasteiger partial charge in [-0.15, -0.1) is 0 Å². The van der Waals surface area contributed by atoms with Gasteiger partial charge in [-0.25, -0.2) is 0 Å². The lowest BCUT2D eigenvalue weighted by Gasteiger charge is -2.45. The number of nitrogens with zero attached hydrogens (tertiary/aromatic N) is 2. The van der Waals surface area contributed by atoms with Crippen molar-refractivity contribution in [1.29, 1.82) is 0 Å². The number of hydrogen-bond donors (Lipinski definition) is 1. The fourth-order valence-corrected chi connectivity index (χ4v) is 4.85. The van der Waals surface area contributed by atoms with Gasteiger partial charge in [-0.3, -0.25) is 14.6 Å². The molecule has 7 heteroatoms. The van der Waals surface area contributed by atoms with Crippen molar-refractivity contribution in [2.75, 3.05) is 13.1 Å². The minimum absolute atomic E-state index is 0. The number of pyridine rings is 1. The average molecular weight is 490 g/mol. The summed E-state index contributed by atoms with van der Waals surface area (Å²) in [6, 6.07) is 9.33. The molecule has 2 aromatic rings. The van der Waals surface area contributed by atoms with E-state index >= 15 is 0 Å². The lowest BCUT2D eigenvalue weighted by atomic mass is 9.70. The Hall–Kier alpha value is -2.44. The molecule has 6 nitrogen and oxygen atoms in total. The van der Waals surface area contributed by atoms with Gasteiger partial charge in [-0.2, -0.15) is 0 Å². The average Bonchev–Trinajstić information content (AvgIpc) is 2.71. The second kappa shape index (κ2) is 11.8. The molecule has 0 unspecified atom stereocenters. The summed E-state index contributed by atoms with van der Waals surface area (Å²) >= 11 is 6.06. The highest BCUT2D eigenvalue weighted by Crippen LogP contribution is 2.42. The molecule has 1 saturated heterocycles. The van der Waals surface area contributed by atoms with Gasteiger partial charge < -0.3 is 15.7 Å². The molecule has 0 radical (unpaired) electrons. The van der Waals surface area contributed by atoms with Crippen LogP contribution in [0.2, 0.25) is 5.02 Å². The Morgan fingerprint density at radius 1 is 1.18 bits per heavy atom. The number of halogens is 1. The van der Waals surface area contributed by atoms with Crippen LogP contribution >= 0.6 is 11.6 Å². The van der Waals surface area contributed by atoms with Gasteiger partial charge in [0.15, 0.2) is 0 Å². The monoisotopic (exact) mass is 489 g/mol. The van der Waals surface area contributed by atoms with E-state index in [1.807, 2.05) is 50.8 Å². The molecule has 0 aliphatic carbocycles. The van der Waals surface area contributed by atoms with Crippen LogP contribution in [-0.4, -0.2) is 46.3 Å². The highest BCUT2D eigenvalue weighted by molar-refractivity contribution is 6.30. The van der Waals surface area contributed by atoms with Crippen molar-refractivity contribution < 1.29 is 15.1 Å². The Labute approximate surface area is 209 Å². The van der Waals surface area contributed by atoms with Gasteiger partial charge in [0.2, 0.25) is 5.91 Å². The fraction of sp³-hybridized carbons (Fsp3) is 0.519. The van der Waals surface area contributed by atoms with Gasteiger partial charge in [0.25, 0.3) is 5.91 Å². The lowest BCUT2D eigenvalue weighted by molar-refractivity contribution is -0.137. The van der Waals surface area contributed by atoms with E-state index in [2.05, 4.69) is 36.3 Å². The zero-order valence-corrected chi connectivity index (χ0v) is 21.2. The van der Waals surface area contributed by atoms with Crippen molar-refractivity contribution >= 4 is 23.4 Å². The van der Waals surface area contributed by atoms with Gasteiger partial charge >= 0.3 is 0 Å². The number of aryl methyl sites for hydroxylation is 2. The molecule has 1 aliphatic heterocycles. The van der Waals surface area contributed by atoms with E-state index in [0.717, 1.165) is 22.7 Å². The van der Waals surface area contributed by atoms with Gasteiger partial charge in [-0.1, -0.05) is 58.9 Å². The molecule has 1 fully saturated rings. The third kappa shape index (κ3) is 6.57.